The molecule has 132 valence electrons. The molecule has 0 saturated heterocycles. The quantitative estimate of drug-likeness (QED) is 0.677. The van der Waals surface area contributed by atoms with Crippen molar-refractivity contribution in [1.82, 2.24) is 9.88 Å². The molecule has 3 aromatic rings. The molecule has 1 amide bonds. The van der Waals surface area contributed by atoms with E-state index in [0.717, 1.165) is 23.2 Å². The lowest BCUT2D eigenvalue weighted by atomic mass is 9.96. The number of ether oxygens (including phenoxy) is 1. The lowest BCUT2D eigenvalue weighted by Crippen LogP contribution is -2.40. The van der Waals surface area contributed by atoms with Crippen LogP contribution in [0.3, 0.4) is 0 Å². The van der Waals surface area contributed by atoms with Crippen LogP contribution in [0, 0.1) is 0 Å². The Labute approximate surface area is 153 Å². The predicted molar refractivity (Wildman–Crippen MR) is 103 cm³/mol. The monoisotopic (exact) mass is 346 g/mol. The van der Waals surface area contributed by atoms with Gasteiger partial charge in [0.2, 0.25) is 0 Å². The van der Waals surface area contributed by atoms with Crippen LogP contribution in [0.4, 0.5) is 4.79 Å². The number of aromatic amines is 1. The fourth-order valence-corrected chi connectivity index (χ4v) is 3.74. The maximum Gasteiger partial charge on any atom is 0.410 e. The Hall–Kier alpha value is -3.01. The SMILES string of the molecule is C=CCC1c2[nH]c3ccccc3c2CCN1C(=O)OCc1ccccc1. The fraction of sp³-hybridized carbons (Fsp3) is 0.227. The van der Waals surface area contributed by atoms with Gasteiger partial charge >= 0.3 is 6.09 Å². The topological polar surface area (TPSA) is 45.3 Å². The van der Waals surface area contributed by atoms with E-state index >= 15 is 0 Å². The molecule has 1 atom stereocenters. The molecule has 2 heterocycles. The number of nitrogens with zero attached hydrogens (tertiary/aromatic N) is 1. The normalized spacial score (nSPS) is 16.3. The number of hydrogen-bond acceptors (Lipinski definition) is 2. The third-order valence-corrected chi connectivity index (χ3v) is 4.99. The average molecular weight is 346 g/mol. The Bertz CT molecular complexity index is 930. The minimum Gasteiger partial charge on any atom is -0.445 e. The van der Waals surface area contributed by atoms with Gasteiger partial charge in [-0.2, -0.15) is 0 Å². The Balaban J connectivity index is 1.58. The number of amides is 1. The molecular weight excluding hydrogens is 324 g/mol. The van der Waals surface area contributed by atoms with E-state index in [1.54, 1.807) is 0 Å². The zero-order valence-electron chi connectivity index (χ0n) is 14.7. The van der Waals surface area contributed by atoms with Crippen LogP contribution < -0.4 is 0 Å². The largest absolute Gasteiger partial charge is 0.445 e. The van der Waals surface area contributed by atoms with Crippen LogP contribution in [0.15, 0.2) is 67.3 Å². The van der Waals surface area contributed by atoms with Crippen molar-refractivity contribution in [2.75, 3.05) is 6.54 Å². The molecular formula is C22H22N2O2. The summed E-state index contributed by atoms with van der Waals surface area (Å²) in [6.07, 6.45) is 3.11. The summed E-state index contributed by atoms with van der Waals surface area (Å²) in [5.74, 6) is 0. The first-order valence-electron chi connectivity index (χ1n) is 8.95. The van der Waals surface area contributed by atoms with Gasteiger partial charge in [-0.1, -0.05) is 54.6 Å². The second kappa shape index (κ2) is 7.08. The molecule has 1 aliphatic heterocycles. The standard InChI is InChI=1S/C22H22N2O2/c1-2-8-20-21-18(17-11-6-7-12-19(17)23-21)13-14-24(20)22(25)26-15-16-9-4-3-5-10-16/h2-7,9-12,20,23H,1,8,13-15H2. The molecule has 4 rings (SSSR count). The molecule has 0 fully saturated rings. The van der Waals surface area contributed by atoms with Crippen LogP contribution in [-0.2, 0) is 17.8 Å². The molecule has 1 aromatic heterocycles. The highest BCUT2D eigenvalue weighted by molar-refractivity contribution is 5.85. The molecule has 26 heavy (non-hydrogen) atoms. The van der Waals surface area contributed by atoms with E-state index in [-0.39, 0.29) is 18.7 Å². The number of para-hydroxylation sites is 1. The molecule has 1 N–H and O–H groups in total. The number of aromatic nitrogens is 1. The number of carbonyl (C=O) groups excluding carboxylic acids is 1. The zero-order valence-corrected chi connectivity index (χ0v) is 14.7. The van der Waals surface area contributed by atoms with Gasteiger partial charge in [0.25, 0.3) is 0 Å². The van der Waals surface area contributed by atoms with Gasteiger partial charge in [-0.15, -0.1) is 6.58 Å². The highest BCUT2D eigenvalue weighted by atomic mass is 16.6. The summed E-state index contributed by atoms with van der Waals surface area (Å²) < 4.78 is 5.57. The maximum atomic E-state index is 12.7. The second-order valence-electron chi connectivity index (χ2n) is 6.59. The van der Waals surface area contributed by atoms with Crippen molar-refractivity contribution in [2.24, 2.45) is 0 Å². The molecule has 0 aliphatic carbocycles. The number of benzene rings is 2. The maximum absolute atomic E-state index is 12.7. The van der Waals surface area contributed by atoms with Crippen molar-refractivity contribution < 1.29 is 9.53 Å². The van der Waals surface area contributed by atoms with Crippen molar-refractivity contribution in [2.45, 2.75) is 25.5 Å². The van der Waals surface area contributed by atoms with Crippen LogP contribution in [0.5, 0.6) is 0 Å². The van der Waals surface area contributed by atoms with Crippen molar-refractivity contribution in [1.29, 1.82) is 0 Å². The number of hydrogen-bond donors (Lipinski definition) is 1. The van der Waals surface area contributed by atoms with Crippen LogP contribution >= 0.6 is 0 Å². The van der Waals surface area contributed by atoms with Crippen LogP contribution in [0.1, 0.15) is 29.3 Å². The first-order chi connectivity index (χ1) is 12.8. The van der Waals surface area contributed by atoms with Gasteiger partial charge < -0.3 is 9.72 Å². The highest BCUT2D eigenvalue weighted by Crippen LogP contribution is 2.36. The highest BCUT2D eigenvalue weighted by Gasteiger charge is 2.33. The van der Waals surface area contributed by atoms with E-state index in [4.69, 9.17) is 4.74 Å². The van der Waals surface area contributed by atoms with Gasteiger partial charge in [-0.3, -0.25) is 4.90 Å². The van der Waals surface area contributed by atoms with E-state index in [1.165, 1.54) is 10.9 Å². The molecule has 0 radical (unpaired) electrons. The van der Waals surface area contributed by atoms with Gasteiger partial charge in [0.1, 0.15) is 6.61 Å². The number of rotatable bonds is 4. The summed E-state index contributed by atoms with van der Waals surface area (Å²) in [5, 5.41) is 1.24. The lowest BCUT2D eigenvalue weighted by molar-refractivity contribution is 0.0768. The molecule has 1 aliphatic rings. The van der Waals surface area contributed by atoms with Crippen molar-refractivity contribution in [3.05, 3.63) is 84.1 Å². The Kier molecular flexibility index (Phi) is 4.48. The summed E-state index contributed by atoms with van der Waals surface area (Å²) in [5.41, 5.74) is 4.52. The second-order valence-corrected chi connectivity index (χ2v) is 6.59. The van der Waals surface area contributed by atoms with Gasteiger partial charge in [-0.25, -0.2) is 4.79 Å². The predicted octanol–water partition coefficient (Wildman–Crippen LogP) is 4.98. The third kappa shape index (κ3) is 2.99. The lowest BCUT2D eigenvalue weighted by Gasteiger charge is -2.34. The summed E-state index contributed by atoms with van der Waals surface area (Å²) in [7, 11) is 0. The van der Waals surface area contributed by atoms with Crippen molar-refractivity contribution in [3.8, 4) is 0 Å². The van der Waals surface area contributed by atoms with Gasteiger partial charge in [-0.05, 0) is 30.0 Å². The third-order valence-electron chi connectivity index (χ3n) is 4.99. The van der Waals surface area contributed by atoms with E-state index in [9.17, 15) is 4.79 Å². The Morgan fingerprint density at radius 2 is 1.96 bits per heavy atom. The minimum atomic E-state index is -0.273. The van der Waals surface area contributed by atoms with Gasteiger partial charge in [0.05, 0.1) is 6.04 Å². The fourth-order valence-electron chi connectivity index (χ4n) is 3.74. The number of nitrogens with one attached hydrogen (secondary N) is 1. The van der Waals surface area contributed by atoms with Crippen LogP contribution in [-0.4, -0.2) is 22.5 Å². The number of fused-ring (bicyclic) bond motifs is 3. The van der Waals surface area contributed by atoms with Crippen LogP contribution in [0.2, 0.25) is 0 Å². The molecule has 4 nitrogen and oxygen atoms in total. The molecule has 0 bridgehead atoms. The van der Waals surface area contributed by atoms with E-state index in [2.05, 4.69) is 29.8 Å². The van der Waals surface area contributed by atoms with Crippen LogP contribution in [0.25, 0.3) is 10.9 Å². The molecule has 4 heteroatoms. The molecule has 0 saturated carbocycles. The van der Waals surface area contributed by atoms with E-state index < -0.39 is 0 Å². The van der Waals surface area contributed by atoms with E-state index in [1.807, 2.05) is 47.4 Å². The number of carbonyl (C=O) groups is 1. The van der Waals surface area contributed by atoms with E-state index in [0.29, 0.717) is 13.0 Å². The molecule has 2 aromatic carbocycles. The Morgan fingerprint density at radius 1 is 1.19 bits per heavy atom. The van der Waals surface area contributed by atoms with Gasteiger partial charge in [0, 0.05) is 23.1 Å². The minimum absolute atomic E-state index is 0.0630. The summed E-state index contributed by atoms with van der Waals surface area (Å²) in [4.78, 5) is 18.1. The summed E-state index contributed by atoms with van der Waals surface area (Å²) in [6, 6.07) is 18.0. The Morgan fingerprint density at radius 3 is 2.77 bits per heavy atom. The smallest absolute Gasteiger partial charge is 0.410 e. The molecule has 1 unspecified atom stereocenters. The van der Waals surface area contributed by atoms with Gasteiger partial charge in [0.15, 0.2) is 0 Å². The summed E-state index contributed by atoms with van der Waals surface area (Å²) in [6.45, 7) is 4.82. The molecule has 0 spiro atoms. The number of H-pyrrole nitrogens is 1. The first kappa shape index (κ1) is 16.5. The summed E-state index contributed by atoms with van der Waals surface area (Å²) >= 11 is 0. The first-order valence-corrected chi connectivity index (χ1v) is 8.95. The average Bonchev–Trinajstić information content (AvgIpc) is 3.06. The van der Waals surface area contributed by atoms with Crippen molar-refractivity contribution >= 4 is 17.0 Å². The van der Waals surface area contributed by atoms with Crippen molar-refractivity contribution in [3.63, 3.8) is 0 Å². The zero-order chi connectivity index (χ0) is 17.9.